The lowest BCUT2D eigenvalue weighted by molar-refractivity contribution is 0.171. The molecule has 5 heterocycles. The lowest BCUT2D eigenvalue weighted by Gasteiger charge is -2.24. The normalized spacial score (nSPS) is 16.4. The summed E-state index contributed by atoms with van der Waals surface area (Å²) in [6, 6.07) is 8.12. The monoisotopic (exact) mass is 494 g/mol. The van der Waals surface area contributed by atoms with E-state index in [1.54, 1.807) is 16.8 Å². The fourth-order valence-corrected chi connectivity index (χ4v) is 5.13. The van der Waals surface area contributed by atoms with Crippen LogP contribution in [-0.4, -0.2) is 60.0 Å². The highest BCUT2D eigenvalue weighted by Crippen LogP contribution is 2.31. The summed E-state index contributed by atoms with van der Waals surface area (Å²) in [6.07, 6.45) is 9.04. The Morgan fingerprint density at radius 3 is 2.94 bits per heavy atom. The number of aromatic nitrogens is 6. The van der Waals surface area contributed by atoms with Gasteiger partial charge in [0.05, 0.1) is 11.7 Å². The number of halogens is 1. The fourth-order valence-electron chi connectivity index (χ4n) is 4.88. The molecule has 9 nitrogen and oxygen atoms in total. The van der Waals surface area contributed by atoms with Crippen molar-refractivity contribution in [1.82, 2.24) is 34.3 Å². The SMILES string of the molecule is Cc1cc(Cl)nc(CCCCN2CCC[C@@H]2COc2cnn(C)c2-c2ccn3nc(N)cc3c2)n1. The minimum absolute atomic E-state index is 0.407. The third-order valence-electron chi connectivity index (χ3n) is 6.56. The Labute approximate surface area is 209 Å². The van der Waals surface area contributed by atoms with E-state index in [9.17, 15) is 0 Å². The number of nitrogen functional groups attached to an aromatic ring is 1. The van der Waals surface area contributed by atoms with Crippen LogP contribution >= 0.6 is 11.6 Å². The number of fused-ring (bicyclic) bond motifs is 1. The smallest absolute Gasteiger partial charge is 0.165 e. The molecular weight excluding hydrogens is 464 g/mol. The van der Waals surface area contributed by atoms with Crippen LogP contribution in [0.2, 0.25) is 5.15 Å². The zero-order valence-corrected chi connectivity index (χ0v) is 20.9. The maximum Gasteiger partial charge on any atom is 0.165 e. The van der Waals surface area contributed by atoms with Crippen LogP contribution in [0.1, 0.15) is 37.2 Å². The molecule has 4 aromatic rings. The maximum atomic E-state index is 6.34. The number of pyridine rings is 1. The molecule has 1 aliphatic heterocycles. The highest BCUT2D eigenvalue weighted by molar-refractivity contribution is 6.29. The molecule has 35 heavy (non-hydrogen) atoms. The van der Waals surface area contributed by atoms with E-state index in [4.69, 9.17) is 22.1 Å². The van der Waals surface area contributed by atoms with Crippen molar-refractivity contribution in [3.05, 3.63) is 53.3 Å². The number of likely N-dealkylation sites (tertiary alicyclic amines) is 1. The second-order valence-corrected chi connectivity index (χ2v) is 9.57. The molecule has 1 fully saturated rings. The first-order valence-corrected chi connectivity index (χ1v) is 12.5. The van der Waals surface area contributed by atoms with Crippen molar-refractivity contribution in [3.8, 4) is 17.0 Å². The van der Waals surface area contributed by atoms with E-state index in [0.29, 0.717) is 23.6 Å². The van der Waals surface area contributed by atoms with Gasteiger partial charge >= 0.3 is 0 Å². The van der Waals surface area contributed by atoms with Crippen molar-refractivity contribution in [2.75, 3.05) is 25.4 Å². The van der Waals surface area contributed by atoms with Gasteiger partial charge in [-0.25, -0.2) is 14.5 Å². The topological polar surface area (TPSA) is 99.4 Å². The standard InChI is InChI=1S/C25H31ClN8O/c1-17-12-22(26)30-24(29-17)7-3-4-9-33-10-5-6-19(33)16-35-21-15-28-32(2)25(21)18-8-11-34-20(13-18)14-23(27)31-34/h8,11-15,19H,3-7,9-10,16H2,1-2H3,(H2,27,31)/t19-/m1/s1. The molecule has 10 heteroatoms. The van der Waals surface area contributed by atoms with E-state index in [1.165, 1.54) is 6.42 Å². The Balaban J connectivity index is 1.18. The minimum atomic E-state index is 0.407. The van der Waals surface area contributed by atoms with Gasteiger partial charge in [0.15, 0.2) is 5.75 Å². The van der Waals surface area contributed by atoms with Crippen LogP contribution in [0.15, 0.2) is 36.7 Å². The number of nitrogens with zero attached hydrogens (tertiary/aromatic N) is 7. The molecule has 0 amide bonds. The van der Waals surface area contributed by atoms with E-state index in [2.05, 4.69) is 31.1 Å². The van der Waals surface area contributed by atoms with Gasteiger partial charge < -0.3 is 10.5 Å². The molecule has 1 atom stereocenters. The van der Waals surface area contributed by atoms with Crippen LogP contribution in [0.5, 0.6) is 5.75 Å². The van der Waals surface area contributed by atoms with Crippen LogP contribution < -0.4 is 10.5 Å². The average molecular weight is 495 g/mol. The molecule has 184 valence electrons. The number of anilines is 1. The first-order valence-electron chi connectivity index (χ1n) is 12.1. The molecule has 1 aliphatic rings. The first kappa shape index (κ1) is 23.6. The number of nitrogens with two attached hydrogens (primary N) is 1. The van der Waals surface area contributed by atoms with Crippen molar-refractivity contribution < 1.29 is 4.74 Å². The van der Waals surface area contributed by atoms with Crippen LogP contribution in [-0.2, 0) is 13.5 Å². The van der Waals surface area contributed by atoms with Crippen LogP contribution in [0.3, 0.4) is 0 Å². The Hall–Kier alpha value is -3.17. The lowest BCUT2D eigenvalue weighted by Crippen LogP contribution is -2.35. The quantitative estimate of drug-likeness (QED) is 0.278. The zero-order valence-electron chi connectivity index (χ0n) is 20.2. The predicted molar refractivity (Wildman–Crippen MR) is 137 cm³/mol. The van der Waals surface area contributed by atoms with Gasteiger partial charge in [0, 0.05) is 43.0 Å². The second-order valence-electron chi connectivity index (χ2n) is 9.18. The van der Waals surface area contributed by atoms with Gasteiger partial charge in [0.1, 0.15) is 29.1 Å². The third kappa shape index (κ3) is 5.41. The molecule has 5 rings (SSSR count). The zero-order chi connectivity index (χ0) is 24.4. The third-order valence-corrected chi connectivity index (χ3v) is 6.75. The van der Waals surface area contributed by atoms with Crippen molar-refractivity contribution in [2.45, 2.75) is 45.1 Å². The Morgan fingerprint density at radius 2 is 2.09 bits per heavy atom. The fraction of sp³-hybridized carbons (Fsp3) is 0.440. The van der Waals surface area contributed by atoms with Gasteiger partial charge in [-0.15, -0.1) is 0 Å². The molecular formula is C25H31ClN8O. The molecule has 0 spiro atoms. The van der Waals surface area contributed by atoms with E-state index in [-0.39, 0.29) is 0 Å². The van der Waals surface area contributed by atoms with E-state index in [1.807, 2.05) is 37.0 Å². The van der Waals surface area contributed by atoms with Gasteiger partial charge in [-0.3, -0.25) is 9.58 Å². The number of ether oxygens (including phenoxy) is 1. The lowest BCUT2D eigenvalue weighted by atomic mass is 10.1. The molecule has 0 aromatic carbocycles. The summed E-state index contributed by atoms with van der Waals surface area (Å²) in [7, 11) is 1.93. The summed E-state index contributed by atoms with van der Waals surface area (Å²) in [6.45, 7) is 4.76. The van der Waals surface area contributed by atoms with Crippen LogP contribution in [0.4, 0.5) is 5.82 Å². The molecule has 4 aromatic heterocycles. The number of aryl methyl sites for hydroxylation is 3. The summed E-state index contributed by atoms with van der Waals surface area (Å²) >= 11 is 6.06. The second kappa shape index (κ2) is 10.2. The van der Waals surface area contributed by atoms with E-state index in [0.717, 1.165) is 72.8 Å². The largest absolute Gasteiger partial charge is 0.488 e. The first-order chi connectivity index (χ1) is 17.0. The number of hydrogen-bond acceptors (Lipinski definition) is 7. The maximum absolute atomic E-state index is 6.34. The molecule has 2 N–H and O–H groups in total. The predicted octanol–water partition coefficient (Wildman–Crippen LogP) is 3.93. The highest BCUT2D eigenvalue weighted by Gasteiger charge is 2.25. The minimum Gasteiger partial charge on any atom is -0.488 e. The summed E-state index contributed by atoms with van der Waals surface area (Å²) in [5.74, 6) is 2.13. The molecule has 0 bridgehead atoms. The Kier molecular flexibility index (Phi) is 6.88. The summed E-state index contributed by atoms with van der Waals surface area (Å²) in [5.41, 5.74) is 9.67. The van der Waals surface area contributed by atoms with Crippen molar-refractivity contribution >= 4 is 22.9 Å². The Bertz CT molecular complexity index is 1300. The van der Waals surface area contributed by atoms with Gasteiger partial charge in [-0.1, -0.05) is 11.6 Å². The molecule has 0 saturated carbocycles. The molecule has 0 unspecified atom stereocenters. The van der Waals surface area contributed by atoms with Crippen molar-refractivity contribution in [1.29, 1.82) is 0 Å². The van der Waals surface area contributed by atoms with Crippen LogP contribution in [0, 0.1) is 6.92 Å². The van der Waals surface area contributed by atoms with Gasteiger partial charge in [-0.05, 0) is 63.9 Å². The van der Waals surface area contributed by atoms with Gasteiger partial charge in [0.25, 0.3) is 0 Å². The highest BCUT2D eigenvalue weighted by atomic mass is 35.5. The number of hydrogen-bond donors (Lipinski definition) is 1. The summed E-state index contributed by atoms with van der Waals surface area (Å²) < 4.78 is 9.96. The van der Waals surface area contributed by atoms with Gasteiger partial charge in [0.2, 0.25) is 0 Å². The van der Waals surface area contributed by atoms with Crippen LogP contribution in [0.25, 0.3) is 16.8 Å². The van der Waals surface area contributed by atoms with Gasteiger partial charge in [-0.2, -0.15) is 10.2 Å². The molecule has 1 saturated heterocycles. The number of unbranched alkanes of at least 4 members (excludes halogenated alkanes) is 1. The van der Waals surface area contributed by atoms with Crippen molar-refractivity contribution in [3.63, 3.8) is 0 Å². The summed E-state index contributed by atoms with van der Waals surface area (Å²) in [4.78, 5) is 11.4. The van der Waals surface area contributed by atoms with E-state index >= 15 is 0 Å². The van der Waals surface area contributed by atoms with E-state index < -0.39 is 0 Å². The Morgan fingerprint density at radius 1 is 1.20 bits per heavy atom. The molecule has 0 radical (unpaired) electrons. The summed E-state index contributed by atoms with van der Waals surface area (Å²) in [5, 5.41) is 9.23. The van der Waals surface area contributed by atoms with Crippen molar-refractivity contribution in [2.24, 2.45) is 7.05 Å². The number of rotatable bonds is 9. The molecule has 0 aliphatic carbocycles. The average Bonchev–Trinajstić information content (AvgIpc) is 3.51.